The van der Waals surface area contributed by atoms with Crippen LogP contribution in [0, 0.1) is 11.3 Å². The largest absolute Gasteiger partial charge is 0.305 e. The van der Waals surface area contributed by atoms with Gasteiger partial charge in [0.05, 0.1) is 12.5 Å². The Balaban J connectivity index is 2.57. The lowest BCUT2D eigenvalue weighted by Gasteiger charge is -2.43. The van der Waals surface area contributed by atoms with E-state index in [1.807, 2.05) is 6.08 Å². The number of rotatable bonds is 3. The second-order valence-corrected chi connectivity index (χ2v) is 4.57. The van der Waals surface area contributed by atoms with Gasteiger partial charge in [0, 0.05) is 31.2 Å². The molecule has 1 aliphatic heterocycles. The lowest BCUT2D eigenvalue weighted by molar-refractivity contribution is 0.130. The highest BCUT2D eigenvalue weighted by atomic mass is 15.2. The minimum Gasteiger partial charge on any atom is -0.305 e. The third-order valence-corrected chi connectivity index (χ3v) is 2.42. The average molecular weight is 193 g/mol. The molecule has 1 heterocycles. The van der Waals surface area contributed by atoms with Crippen molar-refractivity contribution in [3.63, 3.8) is 0 Å². The van der Waals surface area contributed by atoms with Crippen LogP contribution in [-0.4, -0.2) is 36.1 Å². The van der Waals surface area contributed by atoms with Crippen molar-refractivity contribution in [3.8, 4) is 6.07 Å². The fraction of sp³-hybridized carbons (Fsp3) is 0.727. The molecule has 1 saturated heterocycles. The number of hydrogen-bond acceptors (Lipinski definition) is 3. The Labute approximate surface area is 86.4 Å². The molecule has 1 rings (SSSR count). The molecule has 1 aliphatic rings. The molecule has 0 saturated carbocycles. The molecule has 3 nitrogen and oxygen atoms in total. The van der Waals surface area contributed by atoms with Crippen molar-refractivity contribution in [2.24, 2.45) is 0 Å². The monoisotopic (exact) mass is 193 g/mol. The van der Waals surface area contributed by atoms with E-state index in [9.17, 15) is 0 Å². The number of piperazine rings is 1. The Morgan fingerprint density at radius 2 is 2.43 bits per heavy atom. The van der Waals surface area contributed by atoms with Crippen molar-refractivity contribution in [2.45, 2.75) is 31.8 Å². The van der Waals surface area contributed by atoms with Crippen molar-refractivity contribution in [3.05, 3.63) is 12.7 Å². The maximum absolute atomic E-state index is 8.68. The molecular formula is C11H19N3. The first-order chi connectivity index (χ1) is 6.57. The summed E-state index contributed by atoms with van der Waals surface area (Å²) < 4.78 is 0. The topological polar surface area (TPSA) is 39.1 Å². The maximum atomic E-state index is 8.68. The minimum atomic E-state index is 0.1000. The van der Waals surface area contributed by atoms with Crippen molar-refractivity contribution >= 4 is 0 Å². The molecule has 0 aromatic heterocycles. The Bertz CT molecular complexity index is 239. The van der Waals surface area contributed by atoms with Crippen LogP contribution in [0.25, 0.3) is 0 Å². The average Bonchev–Trinajstić information content (AvgIpc) is 2.01. The first-order valence-corrected chi connectivity index (χ1v) is 5.05. The molecule has 0 radical (unpaired) electrons. The van der Waals surface area contributed by atoms with Gasteiger partial charge in [0.1, 0.15) is 0 Å². The van der Waals surface area contributed by atoms with E-state index in [1.54, 1.807) is 0 Å². The van der Waals surface area contributed by atoms with Gasteiger partial charge in [-0.15, -0.1) is 6.58 Å². The second-order valence-electron chi connectivity index (χ2n) is 4.57. The first-order valence-electron chi connectivity index (χ1n) is 5.05. The van der Waals surface area contributed by atoms with Crippen LogP contribution in [-0.2, 0) is 0 Å². The summed E-state index contributed by atoms with van der Waals surface area (Å²) in [7, 11) is 0. The van der Waals surface area contributed by atoms with Gasteiger partial charge in [-0.3, -0.25) is 4.90 Å². The van der Waals surface area contributed by atoms with E-state index in [0.717, 1.165) is 19.6 Å². The van der Waals surface area contributed by atoms with E-state index in [1.165, 1.54) is 0 Å². The zero-order valence-corrected chi connectivity index (χ0v) is 9.08. The van der Waals surface area contributed by atoms with Crippen LogP contribution in [0.4, 0.5) is 0 Å². The summed E-state index contributed by atoms with van der Waals surface area (Å²) in [5.41, 5.74) is 0.1000. The zero-order valence-electron chi connectivity index (χ0n) is 9.08. The summed E-state index contributed by atoms with van der Waals surface area (Å²) in [5, 5.41) is 12.2. The van der Waals surface area contributed by atoms with Gasteiger partial charge < -0.3 is 5.32 Å². The number of nitriles is 1. The van der Waals surface area contributed by atoms with Crippen LogP contribution in [0.5, 0.6) is 0 Å². The summed E-state index contributed by atoms with van der Waals surface area (Å²) in [6.07, 6.45) is 2.50. The molecule has 0 amide bonds. The Kier molecular flexibility index (Phi) is 3.68. The van der Waals surface area contributed by atoms with Gasteiger partial charge in [-0.1, -0.05) is 6.08 Å². The third-order valence-electron chi connectivity index (χ3n) is 2.42. The van der Waals surface area contributed by atoms with Crippen molar-refractivity contribution in [1.29, 1.82) is 5.26 Å². The van der Waals surface area contributed by atoms with E-state index in [2.05, 4.69) is 36.7 Å². The Hall–Kier alpha value is -0.850. The van der Waals surface area contributed by atoms with E-state index in [-0.39, 0.29) is 5.54 Å². The van der Waals surface area contributed by atoms with Gasteiger partial charge in [0.2, 0.25) is 0 Å². The molecule has 1 unspecified atom stereocenters. The summed E-state index contributed by atoms with van der Waals surface area (Å²) in [6.45, 7) is 11.0. The third kappa shape index (κ3) is 3.13. The second kappa shape index (κ2) is 4.59. The molecule has 0 aromatic rings. The molecule has 0 aromatic carbocycles. The highest BCUT2D eigenvalue weighted by Crippen LogP contribution is 2.15. The number of nitrogens with one attached hydrogen (secondary N) is 1. The summed E-state index contributed by atoms with van der Waals surface area (Å²) in [6, 6.07) is 2.52. The molecule has 78 valence electrons. The van der Waals surface area contributed by atoms with Crippen LogP contribution in [0.15, 0.2) is 12.7 Å². The highest BCUT2D eigenvalue weighted by molar-refractivity contribution is 4.96. The predicted molar refractivity (Wildman–Crippen MR) is 57.9 cm³/mol. The molecule has 1 fully saturated rings. The van der Waals surface area contributed by atoms with E-state index in [0.29, 0.717) is 12.5 Å². The minimum absolute atomic E-state index is 0.1000. The van der Waals surface area contributed by atoms with Crippen molar-refractivity contribution in [2.75, 3.05) is 19.6 Å². The van der Waals surface area contributed by atoms with Gasteiger partial charge in [-0.2, -0.15) is 5.26 Å². The van der Waals surface area contributed by atoms with Crippen LogP contribution in [0.3, 0.4) is 0 Å². The molecule has 0 bridgehead atoms. The van der Waals surface area contributed by atoms with Crippen LogP contribution in [0.2, 0.25) is 0 Å². The molecular weight excluding hydrogens is 174 g/mol. The fourth-order valence-electron chi connectivity index (χ4n) is 2.13. The van der Waals surface area contributed by atoms with E-state index < -0.39 is 0 Å². The molecule has 14 heavy (non-hydrogen) atoms. The summed E-state index contributed by atoms with van der Waals surface area (Å²) in [4.78, 5) is 2.34. The van der Waals surface area contributed by atoms with Crippen LogP contribution in [0.1, 0.15) is 20.3 Å². The zero-order chi connectivity index (χ0) is 10.6. The normalized spacial score (nSPS) is 26.8. The number of hydrogen-bond donors (Lipinski definition) is 1. The van der Waals surface area contributed by atoms with Crippen LogP contribution < -0.4 is 5.32 Å². The molecule has 0 spiro atoms. The van der Waals surface area contributed by atoms with E-state index in [4.69, 9.17) is 5.26 Å². The Morgan fingerprint density at radius 3 is 3.00 bits per heavy atom. The fourth-order valence-corrected chi connectivity index (χ4v) is 2.13. The van der Waals surface area contributed by atoms with Gasteiger partial charge in [-0.25, -0.2) is 0 Å². The quantitative estimate of drug-likeness (QED) is 0.683. The molecule has 1 N–H and O–H groups in total. The van der Waals surface area contributed by atoms with Gasteiger partial charge in [0.25, 0.3) is 0 Å². The summed E-state index contributed by atoms with van der Waals surface area (Å²) >= 11 is 0. The van der Waals surface area contributed by atoms with Gasteiger partial charge in [-0.05, 0) is 13.8 Å². The van der Waals surface area contributed by atoms with E-state index >= 15 is 0 Å². The lowest BCUT2D eigenvalue weighted by Crippen LogP contribution is -2.61. The maximum Gasteiger partial charge on any atom is 0.0638 e. The Morgan fingerprint density at radius 1 is 1.71 bits per heavy atom. The van der Waals surface area contributed by atoms with Crippen LogP contribution >= 0.6 is 0 Å². The summed E-state index contributed by atoms with van der Waals surface area (Å²) in [5.74, 6) is 0. The molecule has 3 heteroatoms. The smallest absolute Gasteiger partial charge is 0.0638 e. The standard InChI is InChI=1S/C11H19N3/c1-4-7-14-8-10(5-6-12)13-11(2,3)9-14/h4,10,13H,1,5,7-9H2,2-3H3. The number of nitrogens with zero attached hydrogens (tertiary/aromatic N) is 2. The lowest BCUT2D eigenvalue weighted by atomic mass is 9.97. The van der Waals surface area contributed by atoms with Gasteiger partial charge >= 0.3 is 0 Å². The predicted octanol–water partition coefficient (Wildman–Crippen LogP) is 1.14. The van der Waals surface area contributed by atoms with Crippen molar-refractivity contribution < 1.29 is 0 Å². The SMILES string of the molecule is C=CCN1CC(CC#N)NC(C)(C)C1. The molecule has 0 aliphatic carbocycles. The van der Waals surface area contributed by atoms with Gasteiger partial charge in [0.15, 0.2) is 0 Å². The molecule has 1 atom stereocenters. The first kappa shape index (κ1) is 11.2. The van der Waals surface area contributed by atoms with Crippen molar-refractivity contribution in [1.82, 2.24) is 10.2 Å². The highest BCUT2D eigenvalue weighted by Gasteiger charge is 2.30.